The van der Waals surface area contributed by atoms with Gasteiger partial charge in [0.05, 0.1) is 5.71 Å². The maximum absolute atomic E-state index is 13.7. The summed E-state index contributed by atoms with van der Waals surface area (Å²) in [6.07, 6.45) is 0.398. The third-order valence-corrected chi connectivity index (χ3v) is 5.58. The van der Waals surface area contributed by atoms with Crippen LogP contribution < -0.4 is 5.32 Å². The number of carbonyl (C=O) groups is 2. The highest BCUT2D eigenvalue weighted by molar-refractivity contribution is 6.13. The Morgan fingerprint density at radius 3 is 1.72 bits per heavy atom. The highest BCUT2D eigenvalue weighted by Crippen LogP contribution is 2.17. The molecule has 1 N–H and O–H groups in total. The maximum Gasteiger partial charge on any atom is 0.329 e. The molecule has 0 bridgehead atoms. The van der Waals surface area contributed by atoms with Crippen molar-refractivity contribution >= 4 is 17.6 Å². The second kappa shape index (κ2) is 12.3. The molecular formula is C31H36N2O3. The fourth-order valence-corrected chi connectivity index (χ4v) is 3.81. The van der Waals surface area contributed by atoms with Crippen LogP contribution in [-0.4, -0.2) is 35.3 Å². The van der Waals surface area contributed by atoms with Crippen LogP contribution in [0.5, 0.6) is 0 Å². The van der Waals surface area contributed by atoms with Crippen LogP contribution in [0.4, 0.5) is 0 Å². The van der Waals surface area contributed by atoms with E-state index in [0.29, 0.717) is 6.42 Å². The Balaban J connectivity index is 2.01. The second-order valence-electron chi connectivity index (χ2n) is 10.2. The van der Waals surface area contributed by atoms with E-state index in [-0.39, 0.29) is 11.8 Å². The Kier molecular flexibility index (Phi) is 9.18. The Labute approximate surface area is 214 Å². The van der Waals surface area contributed by atoms with Gasteiger partial charge >= 0.3 is 5.97 Å². The third kappa shape index (κ3) is 7.91. The summed E-state index contributed by atoms with van der Waals surface area (Å²) in [4.78, 5) is 31.6. The molecule has 0 spiro atoms. The van der Waals surface area contributed by atoms with E-state index in [1.807, 2.05) is 126 Å². The monoisotopic (exact) mass is 484 g/mol. The molecule has 188 valence electrons. The predicted octanol–water partition coefficient (Wildman–Crippen LogP) is 5.62. The van der Waals surface area contributed by atoms with Gasteiger partial charge in [0.25, 0.3) is 0 Å². The normalized spacial score (nSPS) is 12.9. The topological polar surface area (TPSA) is 67.8 Å². The molecule has 0 saturated carbocycles. The average molecular weight is 485 g/mol. The van der Waals surface area contributed by atoms with Crippen molar-refractivity contribution in [2.45, 2.75) is 58.7 Å². The molecule has 5 nitrogen and oxygen atoms in total. The summed E-state index contributed by atoms with van der Waals surface area (Å²) in [6, 6.07) is 28.0. The molecule has 3 aromatic carbocycles. The van der Waals surface area contributed by atoms with Gasteiger partial charge in [-0.15, -0.1) is 0 Å². The molecule has 36 heavy (non-hydrogen) atoms. The molecule has 0 aliphatic rings. The van der Waals surface area contributed by atoms with Crippen molar-refractivity contribution in [3.05, 3.63) is 108 Å². The largest absolute Gasteiger partial charge is 0.458 e. The first-order valence-electron chi connectivity index (χ1n) is 12.4. The summed E-state index contributed by atoms with van der Waals surface area (Å²) >= 11 is 0. The van der Waals surface area contributed by atoms with Crippen LogP contribution in [0.2, 0.25) is 0 Å². The zero-order valence-electron chi connectivity index (χ0n) is 21.8. The lowest BCUT2D eigenvalue weighted by atomic mass is 9.99. The molecule has 2 atom stereocenters. The quantitative estimate of drug-likeness (QED) is 0.317. The minimum Gasteiger partial charge on any atom is -0.458 e. The van der Waals surface area contributed by atoms with Gasteiger partial charge in [-0.25, -0.2) is 4.79 Å². The number of amides is 1. The highest BCUT2D eigenvalue weighted by atomic mass is 16.6. The fraction of sp³-hybridized carbons (Fsp3) is 0.323. The van der Waals surface area contributed by atoms with Crippen LogP contribution in [0.3, 0.4) is 0 Å². The van der Waals surface area contributed by atoms with Crippen molar-refractivity contribution in [1.82, 2.24) is 5.32 Å². The van der Waals surface area contributed by atoms with Gasteiger partial charge in [0.15, 0.2) is 0 Å². The number of nitrogens with zero attached hydrogens (tertiary/aromatic N) is 1. The first-order chi connectivity index (χ1) is 17.1. The third-order valence-electron chi connectivity index (χ3n) is 5.58. The lowest BCUT2D eigenvalue weighted by molar-refractivity contribution is -0.160. The van der Waals surface area contributed by atoms with Crippen LogP contribution in [0.25, 0.3) is 0 Å². The van der Waals surface area contributed by atoms with Crippen LogP contribution in [0.15, 0.2) is 96.0 Å². The Bertz CT molecular complexity index is 1110. The van der Waals surface area contributed by atoms with Crippen molar-refractivity contribution < 1.29 is 14.3 Å². The average Bonchev–Trinajstić information content (AvgIpc) is 2.85. The van der Waals surface area contributed by atoms with Crippen LogP contribution in [0.1, 0.15) is 51.3 Å². The van der Waals surface area contributed by atoms with Crippen molar-refractivity contribution in [1.29, 1.82) is 0 Å². The Morgan fingerprint density at radius 2 is 1.28 bits per heavy atom. The Morgan fingerprint density at radius 1 is 0.806 bits per heavy atom. The van der Waals surface area contributed by atoms with Crippen LogP contribution in [0, 0.1) is 5.92 Å². The zero-order valence-corrected chi connectivity index (χ0v) is 21.8. The van der Waals surface area contributed by atoms with E-state index in [4.69, 9.17) is 9.73 Å². The van der Waals surface area contributed by atoms with E-state index in [2.05, 4.69) is 5.32 Å². The summed E-state index contributed by atoms with van der Waals surface area (Å²) in [7, 11) is 0. The van der Waals surface area contributed by atoms with Gasteiger partial charge in [0, 0.05) is 17.5 Å². The molecule has 0 aliphatic carbocycles. The molecular weight excluding hydrogens is 448 g/mol. The van der Waals surface area contributed by atoms with E-state index >= 15 is 0 Å². The maximum atomic E-state index is 13.7. The number of ether oxygens (including phenoxy) is 1. The molecule has 0 radical (unpaired) electrons. The van der Waals surface area contributed by atoms with Gasteiger partial charge in [0.2, 0.25) is 5.91 Å². The van der Waals surface area contributed by atoms with Crippen LogP contribution >= 0.6 is 0 Å². The smallest absolute Gasteiger partial charge is 0.329 e. The fourth-order valence-electron chi connectivity index (χ4n) is 3.81. The first-order valence-corrected chi connectivity index (χ1v) is 12.4. The number of benzene rings is 3. The molecule has 0 unspecified atom stereocenters. The molecule has 0 aliphatic heterocycles. The van der Waals surface area contributed by atoms with E-state index in [9.17, 15) is 9.59 Å². The predicted molar refractivity (Wildman–Crippen MR) is 145 cm³/mol. The van der Waals surface area contributed by atoms with E-state index in [0.717, 1.165) is 22.4 Å². The number of carbonyl (C=O) groups excluding carboxylic acids is 2. The number of esters is 1. The minimum absolute atomic E-state index is 0.145. The van der Waals surface area contributed by atoms with Gasteiger partial charge in [-0.2, -0.15) is 0 Å². The number of hydrogen-bond donors (Lipinski definition) is 1. The van der Waals surface area contributed by atoms with Crippen molar-refractivity contribution in [2.24, 2.45) is 10.9 Å². The summed E-state index contributed by atoms with van der Waals surface area (Å²) in [5.41, 5.74) is 2.90. The van der Waals surface area contributed by atoms with E-state index in [1.165, 1.54) is 0 Å². The van der Waals surface area contributed by atoms with Gasteiger partial charge in [-0.1, -0.05) is 105 Å². The molecule has 3 rings (SSSR count). The van der Waals surface area contributed by atoms with E-state index in [1.54, 1.807) is 0 Å². The summed E-state index contributed by atoms with van der Waals surface area (Å²) < 4.78 is 5.59. The SMILES string of the molecule is CC(C)[C@H](NC(=O)[C@@H](Cc1ccccc1)N=C(c1ccccc1)c1ccccc1)C(=O)OC(C)(C)C. The Hall–Kier alpha value is -3.73. The number of rotatable bonds is 9. The molecule has 0 fully saturated rings. The standard InChI is InChI=1S/C31H36N2O3/c1-22(2)27(30(35)36-31(3,4)5)33-29(34)26(21-23-15-9-6-10-16-23)32-28(24-17-11-7-12-18-24)25-19-13-8-14-20-25/h6-20,22,26-27H,21H2,1-5H3,(H,33,34)/t26-,27+/m1/s1. The lowest BCUT2D eigenvalue weighted by Gasteiger charge is -2.27. The van der Waals surface area contributed by atoms with Gasteiger partial charge in [0.1, 0.15) is 17.7 Å². The number of nitrogens with one attached hydrogen (secondary N) is 1. The molecule has 5 heteroatoms. The van der Waals surface area contributed by atoms with Gasteiger partial charge in [-0.05, 0) is 32.3 Å². The summed E-state index contributed by atoms with van der Waals surface area (Å²) in [6.45, 7) is 9.24. The zero-order chi connectivity index (χ0) is 26.1. The van der Waals surface area contributed by atoms with Crippen LogP contribution in [-0.2, 0) is 20.7 Å². The summed E-state index contributed by atoms with van der Waals surface area (Å²) in [5, 5.41) is 2.95. The molecule has 0 aromatic heterocycles. The lowest BCUT2D eigenvalue weighted by Crippen LogP contribution is -2.50. The molecule has 0 heterocycles. The number of hydrogen-bond acceptors (Lipinski definition) is 4. The van der Waals surface area contributed by atoms with Gasteiger partial charge in [-0.3, -0.25) is 9.79 Å². The van der Waals surface area contributed by atoms with Crippen molar-refractivity contribution in [3.63, 3.8) is 0 Å². The van der Waals surface area contributed by atoms with Gasteiger partial charge < -0.3 is 10.1 Å². The molecule has 0 saturated heterocycles. The number of aliphatic imine (C=N–C) groups is 1. The highest BCUT2D eigenvalue weighted by Gasteiger charge is 2.31. The first kappa shape index (κ1) is 26.9. The minimum atomic E-state index is -0.776. The van der Waals surface area contributed by atoms with Crippen molar-refractivity contribution in [2.75, 3.05) is 0 Å². The van der Waals surface area contributed by atoms with Crippen molar-refractivity contribution in [3.8, 4) is 0 Å². The second-order valence-corrected chi connectivity index (χ2v) is 10.2. The molecule has 1 amide bonds. The summed E-state index contributed by atoms with van der Waals surface area (Å²) in [5.74, 6) is -0.903. The molecule has 3 aromatic rings. The van der Waals surface area contributed by atoms with E-state index < -0.39 is 23.7 Å².